The van der Waals surface area contributed by atoms with Crippen LogP contribution >= 0.6 is 0 Å². The van der Waals surface area contributed by atoms with Crippen LogP contribution in [-0.2, 0) is 23.4 Å². The summed E-state index contributed by atoms with van der Waals surface area (Å²) < 4.78 is 25.5. The van der Waals surface area contributed by atoms with Gasteiger partial charge >= 0.3 is 5.97 Å². The van der Waals surface area contributed by atoms with Crippen molar-refractivity contribution in [2.45, 2.75) is 109 Å². The molecule has 3 fully saturated rings. The zero-order chi connectivity index (χ0) is 22.6. The SMILES string of the molecule is CCC1O[C@H]2C[C@@H](OC3CCCCO3)[C@H](CO[Si](C)(C)CC(C)C)[C@H]2CC[C@H]1C(=O)O. The molecule has 0 aromatic heterocycles. The highest BCUT2D eigenvalue weighted by Crippen LogP contribution is 2.45. The summed E-state index contributed by atoms with van der Waals surface area (Å²) in [5, 5.41) is 9.72. The van der Waals surface area contributed by atoms with Crippen molar-refractivity contribution in [3.05, 3.63) is 0 Å². The maximum Gasteiger partial charge on any atom is 0.309 e. The topological polar surface area (TPSA) is 74.2 Å². The Labute approximate surface area is 189 Å². The monoisotopic (exact) mass is 456 g/mol. The quantitative estimate of drug-likeness (QED) is 0.488. The maximum atomic E-state index is 11.8. The summed E-state index contributed by atoms with van der Waals surface area (Å²) >= 11 is 0. The Morgan fingerprint density at radius 1 is 1.19 bits per heavy atom. The number of aliphatic carboxylic acids is 1. The van der Waals surface area contributed by atoms with Gasteiger partial charge in [-0.1, -0.05) is 20.8 Å². The van der Waals surface area contributed by atoms with Crippen LogP contribution in [-0.4, -0.2) is 57.2 Å². The number of rotatable bonds is 9. The van der Waals surface area contributed by atoms with Gasteiger partial charge in [0.05, 0.1) is 24.2 Å². The molecular formula is C24H44O6Si. The van der Waals surface area contributed by atoms with E-state index in [1.165, 1.54) is 0 Å². The zero-order valence-corrected chi connectivity index (χ0v) is 21.2. The van der Waals surface area contributed by atoms with Gasteiger partial charge in [-0.05, 0) is 69.5 Å². The van der Waals surface area contributed by atoms with Gasteiger partial charge in [-0.3, -0.25) is 4.79 Å². The van der Waals surface area contributed by atoms with Crippen LogP contribution in [0.25, 0.3) is 0 Å². The van der Waals surface area contributed by atoms with Crippen LogP contribution in [0.5, 0.6) is 0 Å². The van der Waals surface area contributed by atoms with Crippen molar-refractivity contribution in [2.24, 2.45) is 23.7 Å². The standard InChI is InChI=1S/C24H44O6Si/c1-6-20-18(24(25)26)11-10-17-19(14-28-31(4,5)15-16(2)3)22(13-21(17)29-20)30-23-9-7-8-12-27-23/h16-23H,6-15H2,1-5H3,(H,25,26)/t17-,18-,19-,20?,21+,22-,23?/m1/s1. The van der Waals surface area contributed by atoms with Crippen LogP contribution in [0.15, 0.2) is 0 Å². The van der Waals surface area contributed by atoms with E-state index >= 15 is 0 Å². The summed E-state index contributed by atoms with van der Waals surface area (Å²) in [6.07, 6.45) is 6.04. The number of fused-ring (bicyclic) bond motifs is 1. The molecule has 6 nitrogen and oxygen atoms in total. The Morgan fingerprint density at radius 2 is 1.97 bits per heavy atom. The molecule has 2 saturated heterocycles. The van der Waals surface area contributed by atoms with Crippen LogP contribution in [0.4, 0.5) is 0 Å². The molecule has 7 atom stereocenters. The fraction of sp³-hybridized carbons (Fsp3) is 0.958. The minimum atomic E-state index is -1.76. The van der Waals surface area contributed by atoms with E-state index < -0.39 is 20.2 Å². The highest BCUT2D eigenvalue weighted by Gasteiger charge is 2.49. The van der Waals surface area contributed by atoms with Crippen molar-refractivity contribution in [2.75, 3.05) is 13.2 Å². The van der Waals surface area contributed by atoms with Crippen molar-refractivity contribution in [1.82, 2.24) is 0 Å². The number of carboxylic acids is 1. The van der Waals surface area contributed by atoms with E-state index in [0.717, 1.165) is 51.2 Å². The average Bonchev–Trinajstić information content (AvgIpc) is 2.89. The van der Waals surface area contributed by atoms with Crippen LogP contribution in [0, 0.1) is 23.7 Å². The first-order valence-corrected chi connectivity index (χ1v) is 15.6. The van der Waals surface area contributed by atoms with Crippen LogP contribution in [0.1, 0.15) is 65.7 Å². The molecule has 7 heteroatoms. The number of hydrogen-bond acceptors (Lipinski definition) is 5. The summed E-state index contributed by atoms with van der Waals surface area (Å²) in [7, 11) is -1.76. The summed E-state index contributed by atoms with van der Waals surface area (Å²) in [6, 6.07) is 1.14. The highest BCUT2D eigenvalue weighted by molar-refractivity contribution is 6.71. The van der Waals surface area contributed by atoms with Gasteiger partial charge in [0.15, 0.2) is 14.6 Å². The lowest BCUT2D eigenvalue weighted by Crippen LogP contribution is -2.39. The lowest BCUT2D eigenvalue weighted by Gasteiger charge is -2.33. The highest BCUT2D eigenvalue weighted by atomic mass is 28.4. The van der Waals surface area contributed by atoms with Gasteiger partial charge in [0.2, 0.25) is 0 Å². The van der Waals surface area contributed by atoms with Gasteiger partial charge < -0.3 is 23.7 Å². The largest absolute Gasteiger partial charge is 0.481 e. The van der Waals surface area contributed by atoms with E-state index in [-0.39, 0.29) is 36.4 Å². The van der Waals surface area contributed by atoms with Crippen molar-refractivity contribution >= 4 is 14.3 Å². The molecule has 0 bridgehead atoms. The third kappa shape index (κ3) is 6.76. The molecule has 0 spiro atoms. The van der Waals surface area contributed by atoms with Crippen LogP contribution in [0.3, 0.4) is 0 Å². The zero-order valence-electron chi connectivity index (χ0n) is 20.2. The lowest BCUT2D eigenvalue weighted by molar-refractivity contribution is -0.198. The Balaban J connectivity index is 1.73. The van der Waals surface area contributed by atoms with Crippen LogP contribution < -0.4 is 0 Å². The minimum Gasteiger partial charge on any atom is -0.481 e. The molecule has 31 heavy (non-hydrogen) atoms. The fourth-order valence-electron chi connectivity index (χ4n) is 5.99. The van der Waals surface area contributed by atoms with Crippen LogP contribution in [0.2, 0.25) is 19.1 Å². The molecule has 0 aromatic carbocycles. The second-order valence-electron chi connectivity index (χ2n) is 10.8. The lowest BCUT2D eigenvalue weighted by atomic mass is 9.87. The first-order chi connectivity index (χ1) is 14.7. The summed E-state index contributed by atoms with van der Waals surface area (Å²) in [4.78, 5) is 11.8. The second-order valence-corrected chi connectivity index (χ2v) is 15.1. The maximum absolute atomic E-state index is 11.8. The van der Waals surface area contributed by atoms with Crippen molar-refractivity contribution < 1.29 is 28.5 Å². The third-order valence-electron chi connectivity index (χ3n) is 7.33. The minimum absolute atomic E-state index is 0.0476. The molecule has 3 aliphatic rings. The molecule has 2 heterocycles. The van der Waals surface area contributed by atoms with Gasteiger partial charge in [-0.15, -0.1) is 0 Å². The molecule has 1 saturated carbocycles. The second kappa shape index (κ2) is 11.1. The number of hydrogen-bond donors (Lipinski definition) is 1. The smallest absolute Gasteiger partial charge is 0.309 e. The summed E-state index contributed by atoms with van der Waals surface area (Å²) in [5.41, 5.74) is 0. The molecule has 0 amide bonds. The van der Waals surface area contributed by atoms with E-state index in [1.54, 1.807) is 0 Å². The molecule has 1 aliphatic carbocycles. The molecule has 0 aromatic rings. The molecule has 2 unspecified atom stereocenters. The van der Waals surface area contributed by atoms with E-state index in [9.17, 15) is 9.90 Å². The first kappa shape index (κ1) is 25.2. The Hall–Kier alpha value is -0.473. The number of ether oxygens (including phenoxy) is 3. The van der Waals surface area contributed by atoms with E-state index in [2.05, 4.69) is 26.9 Å². The number of carboxylic acid groups (broad SMARTS) is 1. The predicted molar refractivity (Wildman–Crippen MR) is 122 cm³/mol. The summed E-state index contributed by atoms with van der Waals surface area (Å²) in [6.45, 7) is 12.6. The Morgan fingerprint density at radius 3 is 2.58 bits per heavy atom. The summed E-state index contributed by atoms with van der Waals surface area (Å²) in [5.74, 6) is 0.0114. The predicted octanol–water partition coefficient (Wildman–Crippen LogP) is 5.07. The van der Waals surface area contributed by atoms with E-state index in [4.69, 9.17) is 18.6 Å². The molecular weight excluding hydrogens is 412 g/mol. The molecule has 1 N–H and O–H groups in total. The third-order valence-corrected chi connectivity index (χ3v) is 10.1. The average molecular weight is 457 g/mol. The van der Waals surface area contributed by atoms with Gasteiger partial charge in [0.25, 0.3) is 0 Å². The molecule has 3 rings (SSSR count). The first-order valence-electron chi connectivity index (χ1n) is 12.5. The normalized spacial score (nSPS) is 36.9. The number of carbonyl (C=O) groups is 1. The molecule has 2 aliphatic heterocycles. The Bertz CT molecular complexity index is 576. The van der Waals surface area contributed by atoms with Gasteiger partial charge in [0.1, 0.15) is 0 Å². The van der Waals surface area contributed by atoms with Gasteiger partial charge in [-0.25, -0.2) is 0 Å². The Kier molecular flexibility index (Phi) is 9.01. The van der Waals surface area contributed by atoms with Crippen molar-refractivity contribution in [3.63, 3.8) is 0 Å². The van der Waals surface area contributed by atoms with Gasteiger partial charge in [0, 0.05) is 25.6 Å². The molecule has 180 valence electrons. The van der Waals surface area contributed by atoms with Gasteiger partial charge in [-0.2, -0.15) is 0 Å². The fourth-order valence-corrected chi connectivity index (χ4v) is 8.72. The van der Waals surface area contributed by atoms with E-state index in [1.807, 2.05) is 6.92 Å². The molecule has 0 radical (unpaired) electrons. The van der Waals surface area contributed by atoms with E-state index in [0.29, 0.717) is 18.9 Å². The van der Waals surface area contributed by atoms with Crippen molar-refractivity contribution in [1.29, 1.82) is 0 Å². The van der Waals surface area contributed by atoms with Crippen molar-refractivity contribution in [3.8, 4) is 0 Å².